The van der Waals surface area contributed by atoms with Crippen LogP contribution in [0.4, 0.5) is 5.82 Å². The molecule has 1 aliphatic heterocycles. The van der Waals surface area contributed by atoms with E-state index in [2.05, 4.69) is 20.4 Å². The molecule has 3 heterocycles. The topological polar surface area (TPSA) is 109 Å². The van der Waals surface area contributed by atoms with Gasteiger partial charge in [-0.1, -0.05) is 0 Å². The van der Waals surface area contributed by atoms with Crippen molar-refractivity contribution < 1.29 is 4.74 Å². The molecular weight excluding hydrogens is 234 g/mol. The molecule has 5 N–H and O–H groups in total. The van der Waals surface area contributed by atoms with Crippen molar-refractivity contribution >= 4 is 16.9 Å². The van der Waals surface area contributed by atoms with E-state index in [1.54, 1.807) is 0 Å². The lowest BCUT2D eigenvalue weighted by molar-refractivity contribution is -0.0410. The van der Waals surface area contributed by atoms with Crippen LogP contribution in [0.15, 0.2) is 4.79 Å². The number of nitrogens with zero attached hydrogens (tertiary/aromatic N) is 1. The molecule has 0 unspecified atom stereocenters. The highest BCUT2D eigenvalue weighted by Gasteiger charge is 2.30. The second kappa shape index (κ2) is 3.56. The van der Waals surface area contributed by atoms with Gasteiger partial charge in [-0.15, -0.1) is 0 Å². The van der Waals surface area contributed by atoms with Crippen LogP contribution in [0.5, 0.6) is 0 Å². The van der Waals surface area contributed by atoms with E-state index in [9.17, 15) is 4.79 Å². The Morgan fingerprint density at radius 2 is 2.22 bits per heavy atom. The second-order valence-electron chi connectivity index (χ2n) is 5.09. The molecular formula is C11H15N5O2. The number of fused-ring (bicyclic) bond motifs is 3. The lowest BCUT2D eigenvalue weighted by Crippen LogP contribution is -2.31. The van der Waals surface area contributed by atoms with Gasteiger partial charge in [0.2, 0.25) is 0 Å². The summed E-state index contributed by atoms with van der Waals surface area (Å²) in [6, 6.07) is 0. The van der Waals surface area contributed by atoms with E-state index >= 15 is 0 Å². The molecule has 0 aromatic carbocycles. The Bertz CT molecular complexity index is 670. The minimum absolute atomic E-state index is 0.232. The first kappa shape index (κ1) is 11.2. The number of H-pyrrole nitrogens is 2. The summed E-state index contributed by atoms with van der Waals surface area (Å²) >= 11 is 0. The standard InChI is InChI=1S/C11H15N5O2/c1-11(2)3-5-6(4-18-11)13-8-7(5)9(16-12)15-10(17)14-8/h3-4,12H2,1-2H3,(H3,13,14,15,16,17). The van der Waals surface area contributed by atoms with Crippen molar-refractivity contribution in [3.8, 4) is 0 Å². The second-order valence-corrected chi connectivity index (χ2v) is 5.09. The van der Waals surface area contributed by atoms with Crippen molar-refractivity contribution in [3.63, 3.8) is 0 Å². The number of anilines is 1. The Labute approximate surface area is 103 Å². The third kappa shape index (κ3) is 1.59. The quantitative estimate of drug-likeness (QED) is 0.432. The van der Waals surface area contributed by atoms with Crippen LogP contribution in [-0.2, 0) is 17.8 Å². The molecule has 1 aliphatic rings. The summed E-state index contributed by atoms with van der Waals surface area (Å²) in [5.74, 6) is 5.94. The predicted octanol–water partition coefficient (Wildman–Crippen LogP) is 0.388. The zero-order valence-corrected chi connectivity index (χ0v) is 10.3. The SMILES string of the molecule is CC1(C)Cc2c([nH]c3nc(=O)[nH]c(NN)c23)CO1. The Kier molecular flexibility index (Phi) is 2.23. The Morgan fingerprint density at radius 3 is 2.94 bits per heavy atom. The number of hydrazine groups is 1. The van der Waals surface area contributed by atoms with Crippen molar-refractivity contribution in [2.24, 2.45) is 5.84 Å². The largest absolute Gasteiger partial charge is 0.369 e. The lowest BCUT2D eigenvalue weighted by atomic mass is 9.94. The van der Waals surface area contributed by atoms with E-state index in [1.807, 2.05) is 13.8 Å². The molecule has 0 saturated heterocycles. The highest BCUT2D eigenvalue weighted by molar-refractivity contribution is 5.91. The van der Waals surface area contributed by atoms with Crippen LogP contribution in [0.2, 0.25) is 0 Å². The number of aromatic amines is 2. The summed E-state index contributed by atoms with van der Waals surface area (Å²) in [5, 5.41) is 0.837. The fraction of sp³-hybridized carbons (Fsp3) is 0.455. The van der Waals surface area contributed by atoms with Crippen LogP contribution in [0.1, 0.15) is 25.1 Å². The first-order valence-electron chi connectivity index (χ1n) is 5.74. The molecule has 0 aliphatic carbocycles. The molecule has 0 bridgehead atoms. The molecule has 0 amide bonds. The van der Waals surface area contributed by atoms with E-state index in [0.29, 0.717) is 18.1 Å². The molecule has 0 fully saturated rings. The molecule has 0 radical (unpaired) electrons. The molecule has 7 heteroatoms. The van der Waals surface area contributed by atoms with Gasteiger partial charge >= 0.3 is 5.69 Å². The van der Waals surface area contributed by atoms with Gasteiger partial charge in [0.05, 0.1) is 17.6 Å². The molecule has 0 spiro atoms. The van der Waals surface area contributed by atoms with Gasteiger partial charge in [0.1, 0.15) is 11.5 Å². The van der Waals surface area contributed by atoms with E-state index < -0.39 is 5.69 Å². The molecule has 0 atom stereocenters. The van der Waals surface area contributed by atoms with Gasteiger partial charge in [-0.2, -0.15) is 4.98 Å². The summed E-state index contributed by atoms with van der Waals surface area (Å²) < 4.78 is 5.73. The fourth-order valence-electron chi connectivity index (χ4n) is 2.40. The van der Waals surface area contributed by atoms with Gasteiger partial charge in [-0.05, 0) is 19.4 Å². The molecule has 3 rings (SSSR count). The Morgan fingerprint density at radius 1 is 1.44 bits per heavy atom. The first-order valence-corrected chi connectivity index (χ1v) is 5.74. The average Bonchev–Trinajstić information content (AvgIpc) is 2.64. The van der Waals surface area contributed by atoms with Crippen LogP contribution in [0.25, 0.3) is 11.0 Å². The number of nitrogens with one attached hydrogen (secondary N) is 3. The average molecular weight is 249 g/mol. The first-order chi connectivity index (χ1) is 8.50. The summed E-state index contributed by atoms with van der Waals surface area (Å²) in [7, 11) is 0. The normalized spacial score (nSPS) is 17.7. The number of aromatic nitrogens is 3. The van der Waals surface area contributed by atoms with E-state index in [1.165, 1.54) is 0 Å². The summed E-state index contributed by atoms with van der Waals surface area (Å²) in [6.45, 7) is 4.55. The molecule has 0 saturated carbocycles. The Balaban J connectivity index is 2.31. The molecule has 2 aromatic heterocycles. The van der Waals surface area contributed by atoms with Gasteiger partial charge in [-0.3, -0.25) is 4.98 Å². The van der Waals surface area contributed by atoms with Crippen LogP contribution in [0, 0.1) is 0 Å². The van der Waals surface area contributed by atoms with Crippen LogP contribution in [0.3, 0.4) is 0 Å². The summed E-state index contributed by atoms with van der Waals surface area (Å²) in [5.41, 5.74) is 4.44. The number of ether oxygens (including phenoxy) is 1. The number of nitrogens with two attached hydrogens (primary N) is 1. The smallest absolute Gasteiger partial charge is 0.348 e. The van der Waals surface area contributed by atoms with Crippen LogP contribution >= 0.6 is 0 Å². The van der Waals surface area contributed by atoms with E-state index in [0.717, 1.165) is 23.1 Å². The maximum atomic E-state index is 11.4. The molecule has 7 nitrogen and oxygen atoms in total. The van der Waals surface area contributed by atoms with Gasteiger partial charge < -0.3 is 15.1 Å². The van der Waals surface area contributed by atoms with Gasteiger partial charge in [0.25, 0.3) is 0 Å². The van der Waals surface area contributed by atoms with Crippen molar-refractivity contribution in [1.29, 1.82) is 0 Å². The monoisotopic (exact) mass is 249 g/mol. The third-order valence-corrected chi connectivity index (χ3v) is 3.22. The molecule has 96 valence electrons. The number of nitrogen functional groups attached to an aromatic ring is 1. The summed E-state index contributed by atoms with van der Waals surface area (Å²) in [4.78, 5) is 21.0. The van der Waals surface area contributed by atoms with E-state index in [-0.39, 0.29) is 5.60 Å². The highest BCUT2D eigenvalue weighted by Crippen LogP contribution is 2.34. The maximum absolute atomic E-state index is 11.4. The van der Waals surface area contributed by atoms with Gasteiger partial charge in [0.15, 0.2) is 0 Å². The lowest BCUT2D eigenvalue weighted by Gasteiger charge is -2.30. The van der Waals surface area contributed by atoms with Crippen LogP contribution < -0.4 is 17.0 Å². The van der Waals surface area contributed by atoms with Crippen LogP contribution in [-0.4, -0.2) is 20.6 Å². The number of hydrogen-bond donors (Lipinski definition) is 4. The zero-order valence-electron chi connectivity index (χ0n) is 10.3. The Hall–Kier alpha value is -1.86. The fourth-order valence-corrected chi connectivity index (χ4v) is 2.40. The van der Waals surface area contributed by atoms with Crippen molar-refractivity contribution in [2.45, 2.75) is 32.5 Å². The highest BCUT2D eigenvalue weighted by atomic mass is 16.5. The maximum Gasteiger partial charge on any atom is 0.348 e. The predicted molar refractivity (Wildman–Crippen MR) is 67.1 cm³/mol. The summed E-state index contributed by atoms with van der Waals surface area (Å²) in [6.07, 6.45) is 0.741. The zero-order chi connectivity index (χ0) is 12.9. The van der Waals surface area contributed by atoms with Crippen molar-refractivity contribution in [3.05, 3.63) is 21.7 Å². The molecule has 18 heavy (non-hydrogen) atoms. The van der Waals surface area contributed by atoms with Gasteiger partial charge in [0, 0.05) is 12.1 Å². The van der Waals surface area contributed by atoms with Crippen molar-refractivity contribution in [1.82, 2.24) is 15.0 Å². The minimum Gasteiger partial charge on any atom is -0.369 e. The van der Waals surface area contributed by atoms with Crippen molar-refractivity contribution in [2.75, 3.05) is 5.43 Å². The number of hydrogen-bond acceptors (Lipinski definition) is 5. The van der Waals surface area contributed by atoms with E-state index in [4.69, 9.17) is 10.6 Å². The van der Waals surface area contributed by atoms with Gasteiger partial charge in [-0.25, -0.2) is 10.6 Å². The molecule has 2 aromatic rings. The number of rotatable bonds is 1. The minimum atomic E-state index is -0.436. The third-order valence-electron chi connectivity index (χ3n) is 3.22.